The largest absolute Gasteiger partial charge is 0.497 e. The van der Waals surface area contributed by atoms with Crippen LogP contribution in [0.4, 0.5) is 0 Å². The molecule has 0 radical (unpaired) electrons. The molecular weight excluding hydrogens is 418 g/mol. The molecule has 0 aromatic heterocycles. The molecule has 2 aromatic rings. The van der Waals surface area contributed by atoms with Crippen molar-refractivity contribution in [2.75, 3.05) is 26.8 Å². The number of likely N-dealkylation sites (tertiary alicyclic amines) is 1. The van der Waals surface area contributed by atoms with Gasteiger partial charge in [-0.2, -0.15) is 5.10 Å². The Bertz CT molecular complexity index is 990. The minimum atomic E-state index is -0.373. The Hall–Kier alpha value is -3.19. The third kappa shape index (κ3) is 5.25. The van der Waals surface area contributed by atoms with Crippen molar-refractivity contribution in [2.24, 2.45) is 5.10 Å². The molecule has 1 fully saturated rings. The molecule has 0 N–H and O–H groups in total. The highest BCUT2D eigenvalue weighted by molar-refractivity contribution is 6.03. The molecule has 1 amide bonds. The monoisotopic (exact) mass is 449 g/mol. The second-order valence-corrected chi connectivity index (χ2v) is 8.38. The van der Waals surface area contributed by atoms with E-state index in [1.165, 1.54) is 0 Å². The van der Waals surface area contributed by atoms with Gasteiger partial charge in [0.25, 0.3) is 5.91 Å². The van der Waals surface area contributed by atoms with Crippen molar-refractivity contribution in [1.82, 2.24) is 9.91 Å². The van der Waals surface area contributed by atoms with Gasteiger partial charge in [-0.25, -0.2) is 5.01 Å². The molecule has 2 aliphatic rings. The van der Waals surface area contributed by atoms with Crippen LogP contribution >= 0.6 is 0 Å². The van der Waals surface area contributed by atoms with Gasteiger partial charge in [-0.1, -0.05) is 48.9 Å². The average molecular weight is 450 g/mol. The summed E-state index contributed by atoms with van der Waals surface area (Å²) in [7, 11) is 1.63. The number of hydrogen-bond acceptors (Lipinski definition) is 6. The van der Waals surface area contributed by atoms with Crippen molar-refractivity contribution in [1.29, 1.82) is 0 Å². The van der Waals surface area contributed by atoms with Crippen molar-refractivity contribution in [3.8, 4) is 5.75 Å². The topological polar surface area (TPSA) is 71.4 Å². The van der Waals surface area contributed by atoms with Crippen LogP contribution in [0.2, 0.25) is 0 Å². The van der Waals surface area contributed by atoms with Crippen LogP contribution in [0.1, 0.15) is 49.8 Å². The van der Waals surface area contributed by atoms with E-state index < -0.39 is 0 Å². The molecule has 4 rings (SSSR count). The first-order valence-electron chi connectivity index (χ1n) is 11.6. The zero-order valence-corrected chi connectivity index (χ0v) is 19.3. The fourth-order valence-electron chi connectivity index (χ4n) is 4.56. The van der Waals surface area contributed by atoms with Gasteiger partial charge in [-0.15, -0.1) is 0 Å². The highest BCUT2D eigenvalue weighted by atomic mass is 16.5. The molecule has 2 aromatic carbocycles. The molecule has 7 heteroatoms. The number of esters is 1. The maximum Gasteiger partial charge on any atom is 0.323 e. The third-order valence-electron chi connectivity index (χ3n) is 6.28. The van der Waals surface area contributed by atoms with Gasteiger partial charge >= 0.3 is 5.97 Å². The number of hydrogen-bond donors (Lipinski definition) is 0. The normalized spacial score (nSPS) is 20.9. The molecule has 0 saturated carbocycles. The highest BCUT2D eigenvalue weighted by Gasteiger charge is 2.37. The van der Waals surface area contributed by atoms with Gasteiger partial charge in [0.05, 0.1) is 32.0 Å². The molecule has 0 spiro atoms. The molecular formula is C26H31N3O4. The van der Waals surface area contributed by atoms with Crippen LogP contribution < -0.4 is 4.74 Å². The Morgan fingerprint density at radius 2 is 1.82 bits per heavy atom. The van der Waals surface area contributed by atoms with Crippen molar-refractivity contribution in [2.45, 2.75) is 44.7 Å². The standard InChI is InChI=1S/C26H31N3O4/c1-3-33-26(31)23-11-7-8-16-28(23)18-25(30)29-24(20-12-14-21(32-2)15-13-20)17-22(27-29)19-9-5-4-6-10-19/h4-6,9-10,12-15,23-24H,3,7-8,11,16-18H2,1-2H3/t23-,24+/m1/s1. The summed E-state index contributed by atoms with van der Waals surface area (Å²) in [4.78, 5) is 27.9. The lowest BCUT2D eigenvalue weighted by Gasteiger charge is -2.34. The average Bonchev–Trinajstić information content (AvgIpc) is 3.31. The van der Waals surface area contributed by atoms with E-state index in [2.05, 4.69) is 0 Å². The van der Waals surface area contributed by atoms with Crippen LogP contribution in [-0.4, -0.2) is 60.3 Å². The molecule has 0 unspecified atom stereocenters. The second kappa shape index (κ2) is 10.6. The SMILES string of the molecule is CCOC(=O)[C@H]1CCCCN1CC(=O)N1N=C(c2ccccc2)C[C@H]1c1ccc(OC)cc1. The minimum absolute atomic E-state index is 0.113. The summed E-state index contributed by atoms with van der Waals surface area (Å²) in [5.74, 6) is 0.411. The van der Waals surface area contributed by atoms with Crippen LogP contribution in [0.3, 0.4) is 0 Å². The van der Waals surface area contributed by atoms with Gasteiger partial charge in [0.15, 0.2) is 0 Å². The Labute approximate surface area is 195 Å². The summed E-state index contributed by atoms with van der Waals surface area (Å²) in [6.07, 6.45) is 3.27. The molecule has 0 bridgehead atoms. The number of benzene rings is 2. The maximum atomic E-state index is 13.5. The number of rotatable bonds is 7. The van der Waals surface area contributed by atoms with Crippen LogP contribution in [-0.2, 0) is 14.3 Å². The van der Waals surface area contributed by atoms with Gasteiger partial charge < -0.3 is 9.47 Å². The summed E-state index contributed by atoms with van der Waals surface area (Å²) in [6, 6.07) is 17.1. The molecule has 2 heterocycles. The molecule has 33 heavy (non-hydrogen) atoms. The quantitative estimate of drug-likeness (QED) is 0.602. The van der Waals surface area contributed by atoms with E-state index in [0.29, 0.717) is 26.0 Å². The molecule has 2 aliphatic heterocycles. The maximum absolute atomic E-state index is 13.5. The van der Waals surface area contributed by atoms with Crippen molar-refractivity contribution >= 4 is 17.6 Å². The summed E-state index contributed by atoms with van der Waals surface area (Å²) in [6.45, 7) is 2.99. The highest BCUT2D eigenvalue weighted by Crippen LogP contribution is 2.34. The van der Waals surface area contributed by atoms with Gasteiger partial charge in [0, 0.05) is 6.42 Å². The van der Waals surface area contributed by atoms with Gasteiger partial charge in [-0.05, 0) is 49.6 Å². The number of carbonyl (C=O) groups excluding carboxylic acids is 2. The first-order valence-corrected chi connectivity index (χ1v) is 11.6. The predicted molar refractivity (Wildman–Crippen MR) is 126 cm³/mol. The van der Waals surface area contributed by atoms with E-state index in [1.807, 2.05) is 59.5 Å². The lowest BCUT2D eigenvalue weighted by molar-refractivity contribution is -0.152. The van der Waals surface area contributed by atoms with E-state index in [-0.39, 0.29) is 30.5 Å². The molecule has 7 nitrogen and oxygen atoms in total. The number of methoxy groups -OCH3 is 1. The number of ether oxygens (including phenoxy) is 2. The van der Waals surface area contributed by atoms with Crippen LogP contribution in [0.25, 0.3) is 0 Å². The molecule has 174 valence electrons. The van der Waals surface area contributed by atoms with Gasteiger partial charge in [0.1, 0.15) is 11.8 Å². The van der Waals surface area contributed by atoms with E-state index in [9.17, 15) is 9.59 Å². The first-order chi connectivity index (χ1) is 16.1. The van der Waals surface area contributed by atoms with E-state index in [0.717, 1.165) is 35.4 Å². The molecule has 2 atom stereocenters. The van der Waals surface area contributed by atoms with Crippen molar-refractivity contribution < 1.29 is 19.1 Å². The van der Waals surface area contributed by atoms with Crippen molar-refractivity contribution in [3.63, 3.8) is 0 Å². The molecule has 1 saturated heterocycles. The number of nitrogens with zero attached hydrogens (tertiary/aromatic N) is 3. The number of carbonyl (C=O) groups is 2. The lowest BCUT2D eigenvalue weighted by atomic mass is 9.98. The Kier molecular flexibility index (Phi) is 7.40. The van der Waals surface area contributed by atoms with Gasteiger partial charge in [-0.3, -0.25) is 14.5 Å². The van der Waals surface area contributed by atoms with Crippen molar-refractivity contribution in [3.05, 3.63) is 65.7 Å². The second-order valence-electron chi connectivity index (χ2n) is 8.38. The Morgan fingerprint density at radius 1 is 1.06 bits per heavy atom. The fourth-order valence-corrected chi connectivity index (χ4v) is 4.56. The summed E-state index contributed by atoms with van der Waals surface area (Å²) >= 11 is 0. The summed E-state index contributed by atoms with van der Waals surface area (Å²) < 4.78 is 10.6. The smallest absolute Gasteiger partial charge is 0.323 e. The minimum Gasteiger partial charge on any atom is -0.497 e. The van der Waals surface area contributed by atoms with Crippen LogP contribution in [0, 0.1) is 0 Å². The number of amides is 1. The predicted octanol–water partition coefficient (Wildman–Crippen LogP) is 3.79. The Balaban J connectivity index is 1.58. The first kappa shape index (κ1) is 23.0. The fraction of sp³-hybridized carbons (Fsp3) is 0.423. The Morgan fingerprint density at radius 3 is 2.52 bits per heavy atom. The summed E-state index contributed by atoms with van der Waals surface area (Å²) in [5, 5.41) is 6.35. The molecule has 0 aliphatic carbocycles. The summed E-state index contributed by atoms with van der Waals surface area (Å²) in [5.41, 5.74) is 2.89. The lowest BCUT2D eigenvalue weighted by Crippen LogP contribution is -2.49. The zero-order valence-electron chi connectivity index (χ0n) is 19.3. The van der Waals surface area contributed by atoms with Crippen LogP contribution in [0.5, 0.6) is 5.75 Å². The van der Waals surface area contributed by atoms with E-state index in [1.54, 1.807) is 19.0 Å². The van der Waals surface area contributed by atoms with Crippen LogP contribution in [0.15, 0.2) is 59.7 Å². The van der Waals surface area contributed by atoms with E-state index in [4.69, 9.17) is 14.6 Å². The third-order valence-corrected chi connectivity index (χ3v) is 6.28. The number of hydrazone groups is 1. The van der Waals surface area contributed by atoms with Gasteiger partial charge in [0.2, 0.25) is 0 Å². The van der Waals surface area contributed by atoms with E-state index >= 15 is 0 Å². The zero-order chi connectivity index (χ0) is 23.2. The number of piperidine rings is 1.